The van der Waals surface area contributed by atoms with Crippen LogP contribution in [0.1, 0.15) is 17.2 Å². The largest absolute Gasteiger partial charge is 0.378 e. The first-order chi connectivity index (χ1) is 8.63. The summed E-state index contributed by atoms with van der Waals surface area (Å²) >= 11 is 12.1. The number of fused-ring (bicyclic) bond motifs is 1. The molecule has 3 rings (SSSR count). The lowest BCUT2D eigenvalue weighted by molar-refractivity contribution is 0.626. The Morgan fingerprint density at radius 1 is 1.11 bits per heavy atom. The molecule has 0 amide bonds. The van der Waals surface area contributed by atoms with E-state index in [-0.39, 0.29) is 11.9 Å². The van der Waals surface area contributed by atoms with Crippen LogP contribution < -0.4 is 5.32 Å². The molecule has 1 aliphatic heterocycles. The number of benzene rings is 2. The maximum atomic E-state index is 13.2. The van der Waals surface area contributed by atoms with Crippen LogP contribution in [0.5, 0.6) is 0 Å². The molecule has 18 heavy (non-hydrogen) atoms. The van der Waals surface area contributed by atoms with Gasteiger partial charge in [-0.3, -0.25) is 0 Å². The van der Waals surface area contributed by atoms with Gasteiger partial charge in [0.05, 0.1) is 6.04 Å². The maximum absolute atomic E-state index is 13.2. The lowest BCUT2D eigenvalue weighted by atomic mass is 10.0. The van der Waals surface area contributed by atoms with E-state index >= 15 is 0 Å². The lowest BCUT2D eigenvalue weighted by Gasteiger charge is -2.13. The van der Waals surface area contributed by atoms with Gasteiger partial charge in [0.1, 0.15) is 5.82 Å². The molecule has 1 unspecified atom stereocenters. The highest BCUT2D eigenvalue weighted by atomic mass is 35.5. The third kappa shape index (κ3) is 2.06. The summed E-state index contributed by atoms with van der Waals surface area (Å²) in [6.07, 6.45) is 0.731. The number of nitrogens with one attached hydrogen (secondary N) is 1. The van der Waals surface area contributed by atoms with Crippen LogP contribution in [0.25, 0.3) is 0 Å². The van der Waals surface area contributed by atoms with Crippen molar-refractivity contribution in [1.29, 1.82) is 0 Å². The zero-order valence-electron chi connectivity index (χ0n) is 9.38. The van der Waals surface area contributed by atoms with Crippen LogP contribution >= 0.6 is 23.2 Å². The van der Waals surface area contributed by atoms with Gasteiger partial charge in [-0.2, -0.15) is 0 Å². The fourth-order valence-electron chi connectivity index (χ4n) is 2.30. The van der Waals surface area contributed by atoms with E-state index in [0.29, 0.717) is 10.0 Å². The van der Waals surface area contributed by atoms with Crippen molar-refractivity contribution in [3.05, 3.63) is 63.4 Å². The molecule has 0 aliphatic carbocycles. The predicted molar refractivity (Wildman–Crippen MR) is 72.9 cm³/mol. The molecule has 0 saturated carbocycles. The van der Waals surface area contributed by atoms with Crippen molar-refractivity contribution in [2.45, 2.75) is 12.5 Å². The van der Waals surface area contributed by atoms with Gasteiger partial charge in [-0.15, -0.1) is 0 Å². The average Bonchev–Trinajstić information content (AvgIpc) is 2.71. The molecular weight excluding hydrogens is 272 g/mol. The molecule has 2 aromatic rings. The van der Waals surface area contributed by atoms with E-state index in [2.05, 4.69) is 5.32 Å². The Labute approximate surface area is 115 Å². The van der Waals surface area contributed by atoms with Crippen LogP contribution in [-0.4, -0.2) is 0 Å². The number of hydrogen-bond donors (Lipinski definition) is 1. The Kier molecular flexibility index (Phi) is 2.92. The zero-order chi connectivity index (χ0) is 12.7. The van der Waals surface area contributed by atoms with Gasteiger partial charge in [0.25, 0.3) is 0 Å². The molecule has 0 spiro atoms. The smallest absolute Gasteiger partial charge is 0.123 e. The summed E-state index contributed by atoms with van der Waals surface area (Å²) in [5.41, 5.74) is 2.93. The molecule has 0 aromatic heterocycles. The van der Waals surface area contributed by atoms with E-state index in [9.17, 15) is 4.39 Å². The minimum atomic E-state index is -0.210. The molecule has 1 heterocycles. The number of rotatable bonds is 1. The minimum absolute atomic E-state index is 0.0755. The molecule has 4 heteroatoms. The second-order valence-corrected chi connectivity index (χ2v) is 5.21. The highest BCUT2D eigenvalue weighted by Gasteiger charge is 2.24. The van der Waals surface area contributed by atoms with Gasteiger partial charge in [0, 0.05) is 15.7 Å². The molecule has 1 atom stereocenters. The van der Waals surface area contributed by atoms with Crippen LogP contribution in [0.2, 0.25) is 10.0 Å². The highest BCUT2D eigenvalue weighted by molar-refractivity contribution is 6.35. The van der Waals surface area contributed by atoms with Gasteiger partial charge < -0.3 is 5.32 Å². The quantitative estimate of drug-likeness (QED) is 0.789. The maximum Gasteiger partial charge on any atom is 0.123 e. The van der Waals surface area contributed by atoms with Crippen molar-refractivity contribution in [3.63, 3.8) is 0 Å². The molecule has 0 radical (unpaired) electrons. The van der Waals surface area contributed by atoms with Crippen molar-refractivity contribution in [2.24, 2.45) is 0 Å². The summed E-state index contributed by atoms with van der Waals surface area (Å²) in [6.45, 7) is 0. The molecule has 92 valence electrons. The fraction of sp³-hybridized carbons (Fsp3) is 0.143. The average molecular weight is 282 g/mol. The molecule has 0 saturated heterocycles. The van der Waals surface area contributed by atoms with Crippen molar-refractivity contribution >= 4 is 28.9 Å². The summed E-state index contributed by atoms with van der Waals surface area (Å²) in [5, 5.41) is 4.59. The fourth-order valence-corrected chi connectivity index (χ4v) is 2.84. The van der Waals surface area contributed by atoms with Crippen molar-refractivity contribution in [2.75, 3.05) is 5.32 Å². The third-order valence-electron chi connectivity index (χ3n) is 3.16. The lowest BCUT2D eigenvalue weighted by Crippen LogP contribution is -2.06. The van der Waals surface area contributed by atoms with Gasteiger partial charge >= 0.3 is 0 Å². The molecule has 1 N–H and O–H groups in total. The monoisotopic (exact) mass is 281 g/mol. The van der Waals surface area contributed by atoms with Gasteiger partial charge in [-0.25, -0.2) is 4.39 Å². The second kappa shape index (κ2) is 4.45. The van der Waals surface area contributed by atoms with Crippen LogP contribution in [0.15, 0.2) is 36.4 Å². The first kappa shape index (κ1) is 11.8. The third-order valence-corrected chi connectivity index (χ3v) is 3.72. The van der Waals surface area contributed by atoms with Gasteiger partial charge in [0.15, 0.2) is 0 Å². The van der Waals surface area contributed by atoms with E-state index < -0.39 is 0 Å². The first-order valence-corrected chi connectivity index (χ1v) is 6.39. The standard InChI is InChI=1S/C14H10Cl2FN/c15-9-1-3-11(12(16)7-9)14-6-8-5-10(17)2-4-13(8)18-14/h1-5,7,14,18H,6H2. The Bertz CT molecular complexity index is 613. The van der Waals surface area contributed by atoms with Crippen molar-refractivity contribution in [1.82, 2.24) is 0 Å². The number of halogens is 3. The summed E-state index contributed by atoms with van der Waals surface area (Å²) in [7, 11) is 0. The summed E-state index contributed by atoms with van der Waals surface area (Å²) in [4.78, 5) is 0. The highest BCUT2D eigenvalue weighted by Crippen LogP contribution is 2.37. The molecule has 0 bridgehead atoms. The zero-order valence-corrected chi connectivity index (χ0v) is 10.9. The summed E-state index contributed by atoms with van der Waals surface area (Å²) < 4.78 is 13.2. The SMILES string of the molecule is Fc1ccc2c(c1)CC(c1ccc(Cl)cc1Cl)N2. The van der Waals surface area contributed by atoms with Crippen molar-refractivity contribution in [3.8, 4) is 0 Å². The molecule has 2 aromatic carbocycles. The van der Waals surface area contributed by atoms with E-state index in [1.165, 1.54) is 6.07 Å². The van der Waals surface area contributed by atoms with Gasteiger partial charge in [-0.1, -0.05) is 29.3 Å². The van der Waals surface area contributed by atoms with E-state index in [1.54, 1.807) is 18.2 Å². The van der Waals surface area contributed by atoms with Crippen LogP contribution in [0.3, 0.4) is 0 Å². The van der Waals surface area contributed by atoms with Crippen LogP contribution in [-0.2, 0) is 6.42 Å². The van der Waals surface area contributed by atoms with Gasteiger partial charge in [0.2, 0.25) is 0 Å². The Morgan fingerprint density at radius 2 is 1.94 bits per heavy atom. The van der Waals surface area contributed by atoms with Crippen LogP contribution in [0.4, 0.5) is 10.1 Å². The number of anilines is 1. The van der Waals surface area contributed by atoms with Gasteiger partial charge in [-0.05, 0) is 47.9 Å². The first-order valence-electron chi connectivity index (χ1n) is 5.63. The molecule has 0 fully saturated rings. The minimum Gasteiger partial charge on any atom is -0.378 e. The molecular formula is C14H10Cl2FN. The van der Waals surface area contributed by atoms with E-state index in [0.717, 1.165) is 23.2 Å². The second-order valence-electron chi connectivity index (χ2n) is 4.37. The Morgan fingerprint density at radius 3 is 2.72 bits per heavy atom. The van der Waals surface area contributed by atoms with E-state index in [1.807, 2.05) is 12.1 Å². The summed E-state index contributed by atoms with van der Waals surface area (Å²) in [5.74, 6) is -0.210. The Balaban J connectivity index is 1.93. The summed E-state index contributed by atoms with van der Waals surface area (Å²) in [6, 6.07) is 10.3. The van der Waals surface area contributed by atoms with Crippen LogP contribution in [0, 0.1) is 5.82 Å². The normalized spacial score (nSPS) is 17.4. The Hall–Kier alpha value is -1.25. The molecule has 1 nitrogen and oxygen atoms in total. The number of hydrogen-bond acceptors (Lipinski definition) is 1. The topological polar surface area (TPSA) is 12.0 Å². The predicted octanol–water partition coefficient (Wildman–Crippen LogP) is 4.84. The molecule has 1 aliphatic rings. The van der Waals surface area contributed by atoms with Crippen molar-refractivity contribution < 1.29 is 4.39 Å². The van der Waals surface area contributed by atoms with E-state index in [4.69, 9.17) is 23.2 Å².